The molecule has 0 aliphatic carbocycles. The maximum atomic E-state index is 14.3. The van der Waals surface area contributed by atoms with Gasteiger partial charge in [0.05, 0.1) is 0 Å². The number of benzene rings is 2. The van der Waals surface area contributed by atoms with Crippen molar-refractivity contribution in [3.63, 3.8) is 0 Å². The van der Waals surface area contributed by atoms with Gasteiger partial charge in [0.25, 0.3) is 5.56 Å². The number of hydrogen-bond acceptors (Lipinski definition) is 4. The molecule has 0 bridgehead atoms. The standard InChI is InChI=1S/C22H18F3N3O4S/c1-28-11-16(14-5-6-26-20(14)22(28)29)15-8-12(4-7-27-33(30)31)2-3-19(15)32-21-17(24)9-13(23)10-18(21)25/h2-3,5-6,8-11,26-27H,4,7H2,1H3,(H,30,31)/p-1. The van der Waals surface area contributed by atoms with E-state index >= 15 is 0 Å². The number of aromatic nitrogens is 2. The molecular formula is C22H17F3N3O4S-. The predicted octanol–water partition coefficient (Wildman–Crippen LogP) is 3.67. The summed E-state index contributed by atoms with van der Waals surface area (Å²) in [4.78, 5) is 15.3. The Morgan fingerprint density at radius 2 is 1.85 bits per heavy atom. The lowest BCUT2D eigenvalue weighted by Gasteiger charge is -2.16. The molecule has 11 heteroatoms. The summed E-state index contributed by atoms with van der Waals surface area (Å²) < 4.78 is 72.5. The van der Waals surface area contributed by atoms with Crippen LogP contribution >= 0.6 is 0 Å². The topological polar surface area (TPSA) is 99.2 Å². The summed E-state index contributed by atoms with van der Waals surface area (Å²) in [7, 11) is 1.56. The van der Waals surface area contributed by atoms with Crippen LogP contribution in [0.5, 0.6) is 11.5 Å². The van der Waals surface area contributed by atoms with Crippen molar-refractivity contribution in [2.45, 2.75) is 6.42 Å². The molecule has 4 rings (SSSR count). The molecule has 2 aromatic carbocycles. The number of ether oxygens (including phenoxy) is 1. The second-order valence-corrected chi connectivity index (χ2v) is 7.99. The first-order chi connectivity index (χ1) is 15.7. The van der Waals surface area contributed by atoms with Crippen molar-refractivity contribution in [2.75, 3.05) is 6.54 Å². The molecule has 0 radical (unpaired) electrons. The summed E-state index contributed by atoms with van der Waals surface area (Å²) in [5, 5.41) is 0.555. The van der Waals surface area contributed by atoms with Gasteiger partial charge in [-0.05, 0) is 30.2 Å². The van der Waals surface area contributed by atoms with E-state index in [1.165, 1.54) is 10.6 Å². The van der Waals surface area contributed by atoms with Gasteiger partial charge in [0.15, 0.2) is 17.4 Å². The first-order valence-electron chi connectivity index (χ1n) is 9.69. The number of halogens is 3. The molecule has 2 aromatic heterocycles. The summed E-state index contributed by atoms with van der Waals surface area (Å²) in [6, 6.07) is 7.48. The molecule has 7 nitrogen and oxygen atoms in total. The van der Waals surface area contributed by atoms with Gasteiger partial charge in [-0.3, -0.25) is 9.00 Å². The number of aryl methyl sites for hydroxylation is 1. The van der Waals surface area contributed by atoms with Crippen molar-refractivity contribution in [3.8, 4) is 22.6 Å². The number of rotatable bonds is 7. The van der Waals surface area contributed by atoms with Crippen LogP contribution in [-0.4, -0.2) is 24.9 Å². The quantitative estimate of drug-likeness (QED) is 0.398. The number of fused-ring (bicyclic) bond motifs is 1. The summed E-state index contributed by atoms with van der Waals surface area (Å²) in [6.07, 6.45) is 3.47. The Labute approximate surface area is 188 Å². The average molecular weight is 476 g/mol. The Kier molecular flexibility index (Phi) is 6.36. The maximum absolute atomic E-state index is 14.3. The Hall–Kier alpha value is -3.41. The van der Waals surface area contributed by atoms with Gasteiger partial charge < -0.3 is 18.8 Å². The number of nitrogens with zero attached hydrogens (tertiary/aromatic N) is 1. The van der Waals surface area contributed by atoms with Crippen molar-refractivity contribution in [1.29, 1.82) is 0 Å². The van der Waals surface area contributed by atoms with Gasteiger partial charge >= 0.3 is 0 Å². The molecule has 0 spiro atoms. The van der Waals surface area contributed by atoms with Crippen LogP contribution in [0.4, 0.5) is 13.2 Å². The van der Waals surface area contributed by atoms with Gasteiger partial charge in [0.2, 0.25) is 0 Å². The maximum Gasteiger partial charge on any atom is 0.274 e. The van der Waals surface area contributed by atoms with Crippen molar-refractivity contribution >= 4 is 22.2 Å². The molecule has 0 saturated heterocycles. The van der Waals surface area contributed by atoms with Crippen LogP contribution in [0.2, 0.25) is 0 Å². The lowest BCUT2D eigenvalue weighted by molar-refractivity contribution is 0.402. The Morgan fingerprint density at radius 3 is 2.55 bits per heavy atom. The Morgan fingerprint density at radius 1 is 1.12 bits per heavy atom. The molecule has 33 heavy (non-hydrogen) atoms. The third-order valence-corrected chi connectivity index (χ3v) is 5.48. The summed E-state index contributed by atoms with van der Waals surface area (Å²) in [5.74, 6) is -4.22. The lowest BCUT2D eigenvalue weighted by atomic mass is 9.99. The summed E-state index contributed by atoms with van der Waals surface area (Å²) >= 11 is -2.42. The second kappa shape index (κ2) is 9.22. The van der Waals surface area contributed by atoms with Gasteiger partial charge in [-0.1, -0.05) is 6.07 Å². The van der Waals surface area contributed by atoms with E-state index < -0.39 is 34.5 Å². The van der Waals surface area contributed by atoms with E-state index in [9.17, 15) is 26.7 Å². The van der Waals surface area contributed by atoms with Crippen molar-refractivity contribution in [2.24, 2.45) is 7.05 Å². The molecule has 1 atom stereocenters. The zero-order valence-corrected chi connectivity index (χ0v) is 18.0. The normalized spacial score (nSPS) is 12.3. The molecule has 1 unspecified atom stereocenters. The fraction of sp³-hybridized carbons (Fsp3) is 0.136. The van der Waals surface area contributed by atoms with Crippen LogP contribution in [-0.2, 0) is 24.7 Å². The van der Waals surface area contributed by atoms with Crippen LogP contribution in [0.15, 0.2) is 53.6 Å². The minimum absolute atomic E-state index is 0.0599. The highest BCUT2D eigenvalue weighted by Gasteiger charge is 2.19. The van der Waals surface area contributed by atoms with E-state index in [1.54, 1.807) is 37.6 Å². The fourth-order valence-corrected chi connectivity index (χ4v) is 3.80. The van der Waals surface area contributed by atoms with Gasteiger partial charge in [0, 0.05) is 65.9 Å². The van der Waals surface area contributed by atoms with Crippen LogP contribution in [0.3, 0.4) is 0 Å². The van der Waals surface area contributed by atoms with E-state index in [2.05, 4.69) is 9.71 Å². The molecular weight excluding hydrogens is 459 g/mol. The first kappa shape index (κ1) is 22.8. The van der Waals surface area contributed by atoms with Gasteiger partial charge in [-0.15, -0.1) is 0 Å². The fourth-order valence-electron chi connectivity index (χ4n) is 3.53. The minimum atomic E-state index is -2.42. The van der Waals surface area contributed by atoms with Crippen molar-refractivity contribution in [3.05, 3.63) is 82.2 Å². The van der Waals surface area contributed by atoms with Crippen molar-refractivity contribution in [1.82, 2.24) is 14.3 Å². The van der Waals surface area contributed by atoms with E-state index in [1.807, 2.05) is 0 Å². The Bertz CT molecular complexity index is 1410. The zero-order valence-electron chi connectivity index (χ0n) is 17.2. The lowest BCUT2D eigenvalue weighted by Crippen LogP contribution is -2.19. The summed E-state index contributed by atoms with van der Waals surface area (Å²) in [6.45, 7) is 0.129. The third kappa shape index (κ3) is 4.70. The van der Waals surface area contributed by atoms with E-state index in [-0.39, 0.29) is 17.9 Å². The predicted molar refractivity (Wildman–Crippen MR) is 116 cm³/mol. The van der Waals surface area contributed by atoms with Crippen LogP contribution in [0, 0.1) is 17.5 Å². The van der Waals surface area contributed by atoms with E-state index in [4.69, 9.17) is 4.74 Å². The Balaban J connectivity index is 1.86. The highest BCUT2D eigenvalue weighted by molar-refractivity contribution is 7.77. The third-order valence-electron chi connectivity index (χ3n) is 5.04. The van der Waals surface area contributed by atoms with Crippen molar-refractivity contribution < 1.29 is 26.7 Å². The van der Waals surface area contributed by atoms with Crippen LogP contribution in [0.25, 0.3) is 22.0 Å². The second-order valence-electron chi connectivity index (χ2n) is 7.24. The zero-order chi connectivity index (χ0) is 23.7. The van der Waals surface area contributed by atoms with Gasteiger partial charge in [-0.25, -0.2) is 17.9 Å². The minimum Gasteiger partial charge on any atom is -0.760 e. The number of nitrogens with one attached hydrogen (secondary N) is 2. The highest BCUT2D eigenvalue weighted by Crippen LogP contribution is 2.38. The van der Waals surface area contributed by atoms with E-state index in [0.717, 1.165) is 0 Å². The molecule has 2 heterocycles. The molecule has 0 amide bonds. The largest absolute Gasteiger partial charge is 0.760 e. The van der Waals surface area contributed by atoms with Gasteiger partial charge in [0.1, 0.15) is 17.1 Å². The monoisotopic (exact) mass is 476 g/mol. The molecule has 0 aliphatic heterocycles. The number of H-pyrrole nitrogens is 1. The summed E-state index contributed by atoms with van der Waals surface area (Å²) in [5.41, 5.74) is 1.70. The molecule has 0 fully saturated rings. The highest BCUT2D eigenvalue weighted by atomic mass is 32.2. The molecule has 0 aliphatic rings. The number of pyridine rings is 1. The SMILES string of the molecule is Cn1cc(-c2cc(CCNS(=O)[O-])ccc2Oc2c(F)cc(F)cc2F)c2cc[nH]c2c1=O. The van der Waals surface area contributed by atoms with Crippen LogP contribution < -0.4 is 15.0 Å². The molecule has 0 saturated carbocycles. The molecule has 172 valence electrons. The number of aromatic amines is 1. The smallest absolute Gasteiger partial charge is 0.274 e. The van der Waals surface area contributed by atoms with Gasteiger partial charge in [-0.2, -0.15) is 0 Å². The average Bonchev–Trinajstić information content (AvgIpc) is 3.24. The molecule has 2 N–H and O–H groups in total. The molecule has 4 aromatic rings. The van der Waals surface area contributed by atoms with Crippen LogP contribution in [0.1, 0.15) is 5.56 Å². The number of hydrogen-bond donors (Lipinski definition) is 2. The van der Waals surface area contributed by atoms with E-state index in [0.29, 0.717) is 46.1 Å². The first-order valence-corrected chi connectivity index (χ1v) is 10.8.